The summed E-state index contributed by atoms with van der Waals surface area (Å²) >= 11 is 0. The number of carbonyl (C=O) groups excluding carboxylic acids is 1. The number of nitrogens with one attached hydrogen (secondary N) is 1. The van der Waals surface area contributed by atoms with Crippen LogP contribution in [0.25, 0.3) is 0 Å². The highest BCUT2D eigenvalue weighted by molar-refractivity contribution is 7.89. The van der Waals surface area contributed by atoms with Gasteiger partial charge < -0.3 is 11.1 Å². The molecule has 1 aromatic rings. The van der Waals surface area contributed by atoms with Gasteiger partial charge in [0, 0.05) is 25.6 Å². The van der Waals surface area contributed by atoms with Crippen LogP contribution in [0.15, 0.2) is 23.1 Å². The lowest BCUT2D eigenvalue weighted by molar-refractivity contribution is -0.128. The van der Waals surface area contributed by atoms with Crippen molar-refractivity contribution in [2.24, 2.45) is 17.6 Å². The second-order valence-electron chi connectivity index (χ2n) is 8.19. The van der Waals surface area contributed by atoms with Gasteiger partial charge in [0.05, 0.1) is 10.4 Å². The quantitative estimate of drug-likeness (QED) is 0.772. The van der Waals surface area contributed by atoms with Gasteiger partial charge in [-0.05, 0) is 62.8 Å². The molecule has 0 spiro atoms. The summed E-state index contributed by atoms with van der Waals surface area (Å²) in [6.45, 7) is 11.0. The van der Waals surface area contributed by atoms with Gasteiger partial charge in [0.1, 0.15) is 0 Å². The fourth-order valence-corrected chi connectivity index (χ4v) is 4.75. The van der Waals surface area contributed by atoms with Crippen LogP contribution >= 0.6 is 0 Å². The van der Waals surface area contributed by atoms with Gasteiger partial charge in [0.2, 0.25) is 15.9 Å². The molecule has 1 atom stereocenters. The summed E-state index contributed by atoms with van der Waals surface area (Å²) in [4.78, 5) is 13.0. The average Bonchev–Trinajstić information content (AvgIpc) is 2.63. The second kappa shape index (κ2) is 8.29. The van der Waals surface area contributed by atoms with E-state index in [0.29, 0.717) is 37.4 Å². The molecule has 1 fully saturated rings. The van der Waals surface area contributed by atoms with E-state index in [1.165, 1.54) is 4.31 Å². The van der Waals surface area contributed by atoms with Gasteiger partial charge in [-0.25, -0.2) is 8.42 Å². The first-order chi connectivity index (χ1) is 12.5. The molecule has 0 bridgehead atoms. The van der Waals surface area contributed by atoms with Crippen LogP contribution in [-0.4, -0.2) is 43.8 Å². The standard InChI is InChI=1S/C20H33N3O3S/c1-14(2)20(5,13-21)22-19(24)17-8-10-23(11-9-17)27(25,26)18-7-6-15(3)16(4)12-18/h6-7,12,14,17H,8-11,13,21H2,1-5H3,(H,22,24). The first-order valence-corrected chi connectivity index (χ1v) is 11.0. The van der Waals surface area contributed by atoms with Crippen molar-refractivity contribution in [2.75, 3.05) is 19.6 Å². The Bertz CT molecular complexity index is 784. The predicted molar refractivity (Wildman–Crippen MR) is 108 cm³/mol. The monoisotopic (exact) mass is 395 g/mol. The van der Waals surface area contributed by atoms with Crippen LogP contribution in [0.2, 0.25) is 0 Å². The van der Waals surface area contributed by atoms with Crippen molar-refractivity contribution >= 4 is 15.9 Å². The summed E-state index contributed by atoms with van der Waals surface area (Å²) in [5, 5.41) is 3.08. The van der Waals surface area contributed by atoms with Crippen LogP contribution in [0, 0.1) is 25.7 Å². The molecule has 0 aromatic heterocycles. The Hall–Kier alpha value is -1.44. The lowest BCUT2D eigenvalue weighted by Crippen LogP contribution is -2.57. The van der Waals surface area contributed by atoms with Gasteiger partial charge in [-0.15, -0.1) is 0 Å². The number of aryl methyl sites for hydroxylation is 2. The minimum Gasteiger partial charge on any atom is -0.349 e. The molecule has 1 aromatic carbocycles. The minimum absolute atomic E-state index is 0.0279. The number of sulfonamides is 1. The molecular formula is C20H33N3O3S. The third kappa shape index (κ3) is 4.70. The summed E-state index contributed by atoms with van der Waals surface area (Å²) in [5.74, 6) is 0.0115. The van der Waals surface area contributed by atoms with Crippen molar-refractivity contribution in [1.82, 2.24) is 9.62 Å². The molecule has 0 saturated carbocycles. The molecule has 27 heavy (non-hydrogen) atoms. The van der Waals surface area contributed by atoms with E-state index < -0.39 is 15.6 Å². The van der Waals surface area contributed by atoms with E-state index in [1.807, 2.05) is 40.7 Å². The maximum atomic E-state index is 12.9. The number of hydrogen-bond acceptors (Lipinski definition) is 4. The molecule has 152 valence electrons. The molecular weight excluding hydrogens is 362 g/mol. The first-order valence-electron chi connectivity index (χ1n) is 9.60. The smallest absolute Gasteiger partial charge is 0.243 e. The number of nitrogens with zero attached hydrogens (tertiary/aromatic N) is 1. The van der Waals surface area contributed by atoms with Gasteiger partial charge in [-0.2, -0.15) is 4.31 Å². The number of piperidine rings is 1. The van der Waals surface area contributed by atoms with Crippen molar-refractivity contribution in [1.29, 1.82) is 0 Å². The zero-order valence-electron chi connectivity index (χ0n) is 17.1. The molecule has 0 aliphatic carbocycles. The summed E-state index contributed by atoms with van der Waals surface area (Å²) in [6, 6.07) is 5.21. The van der Waals surface area contributed by atoms with Crippen molar-refractivity contribution < 1.29 is 13.2 Å². The molecule has 2 rings (SSSR count). The lowest BCUT2D eigenvalue weighted by Gasteiger charge is -2.37. The first kappa shape index (κ1) is 21.9. The third-order valence-corrected chi connectivity index (χ3v) is 7.94. The summed E-state index contributed by atoms with van der Waals surface area (Å²) in [6.07, 6.45) is 1.04. The van der Waals surface area contributed by atoms with Gasteiger partial charge in [0.15, 0.2) is 0 Å². The second-order valence-corrected chi connectivity index (χ2v) is 10.1. The number of carbonyl (C=O) groups is 1. The fourth-order valence-electron chi connectivity index (χ4n) is 3.20. The fraction of sp³-hybridized carbons (Fsp3) is 0.650. The van der Waals surface area contributed by atoms with E-state index in [1.54, 1.807) is 12.1 Å². The molecule has 1 saturated heterocycles. The summed E-state index contributed by atoms with van der Waals surface area (Å²) in [7, 11) is -3.52. The molecule has 1 heterocycles. The minimum atomic E-state index is -3.52. The van der Waals surface area contributed by atoms with Crippen LogP contribution < -0.4 is 11.1 Å². The summed E-state index contributed by atoms with van der Waals surface area (Å²) in [5.41, 5.74) is 7.43. The molecule has 6 nitrogen and oxygen atoms in total. The summed E-state index contributed by atoms with van der Waals surface area (Å²) < 4.78 is 27.3. The highest BCUT2D eigenvalue weighted by Crippen LogP contribution is 2.26. The number of nitrogens with two attached hydrogens (primary N) is 1. The molecule has 1 aliphatic heterocycles. The van der Waals surface area contributed by atoms with Crippen LogP contribution in [0.3, 0.4) is 0 Å². The van der Waals surface area contributed by atoms with E-state index in [0.717, 1.165) is 11.1 Å². The van der Waals surface area contributed by atoms with Crippen molar-refractivity contribution in [3.63, 3.8) is 0 Å². The van der Waals surface area contributed by atoms with E-state index >= 15 is 0 Å². The zero-order chi connectivity index (χ0) is 20.4. The van der Waals surface area contributed by atoms with Crippen molar-refractivity contribution in [3.8, 4) is 0 Å². The van der Waals surface area contributed by atoms with Crippen LogP contribution in [0.5, 0.6) is 0 Å². The maximum Gasteiger partial charge on any atom is 0.243 e. The number of hydrogen-bond donors (Lipinski definition) is 2. The lowest BCUT2D eigenvalue weighted by atomic mass is 9.87. The van der Waals surface area contributed by atoms with E-state index in [4.69, 9.17) is 5.73 Å². The van der Waals surface area contributed by atoms with Gasteiger partial charge in [-0.1, -0.05) is 19.9 Å². The zero-order valence-corrected chi connectivity index (χ0v) is 17.9. The Morgan fingerprint density at radius 3 is 2.33 bits per heavy atom. The van der Waals surface area contributed by atoms with Crippen LogP contribution in [-0.2, 0) is 14.8 Å². The molecule has 1 aliphatic rings. The average molecular weight is 396 g/mol. The highest BCUT2D eigenvalue weighted by atomic mass is 32.2. The Balaban J connectivity index is 2.04. The van der Waals surface area contributed by atoms with Crippen molar-refractivity contribution in [3.05, 3.63) is 29.3 Å². The SMILES string of the molecule is Cc1ccc(S(=O)(=O)N2CCC(C(=O)NC(C)(CN)C(C)C)CC2)cc1C. The Morgan fingerprint density at radius 2 is 1.85 bits per heavy atom. The Morgan fingerprint density at radius 1 is 1.26 bits per heavy atom. The molecule has 1 amide bonds. The van der Waals surface area contributed by atoms with Gasteiger partial charge >= 0.3 is 0 Å². The van der Waals surface area contributed by atoms with E-state index in [-0.39, 0.29) is 17.7 Å². The maximum absolute atomic E-state index is 12.9. The third-order valence-electron chi connectivity index (χ3n) is 6.05. The largest absolute Gasteiger partial charge is 0.349 e. The van der Waals surface area contributed by atoms with E-state index in [2.05, 4.69) is 5.32 Å². The van der Waals surface area contributed by atoms with Crippen molar-refractivity contribution in [2.45, 2.75) is 57.9 Å². The number of benzene rings is 1. The van der Waals surface area contributed by atoms with E-state index in [9.17, 15) is 13.2 Å². The predicted octanol–water partition coefficient (Wildman–Crippen LogP) is 2.19. The number of rotatable bonds is 6. The van der Waals surface area contributed by atoms with Crippen LogP contribution in [0.1, 0.15) is 44.7 Å². The molecule has 0 radical (unpaired) electrons. The molecule has 1 unspecified atom stereocenters. The normalized spacial score (nSPS) is 19.1. The van der Waals surface area contributed by atoms with Crippen LogP contribution in [0.4, 0.5) is 0 Å². The highest BCUT2D eigenvalue weighted by Gasteiger charge is 2.35. The number of amides is 1. The van der Waals surface area contributed by atoms with Gasteiger partial charge in [-0.3, -0.25) is 4.79 Å². The topological polar surface area (TPSA) is 92.5 Å². The van der Waals surface area contributed by atoms with Gasteiger partial charge in [0.25, 0.3) is 0 Å². The molecule has 3 N–H and O–H groups in total. The Kier molecular flexibility index (Phi) is 6.71. The molecule has 7 heteroatoms. The Labute approximate surface area is 163 Å².